The highest BCUT2D eigenvalue weighted by Crippen LogP contribution is 2.30. The lowest BCUT2D eigenvalue weighted by atomic mass is 10.2. The molecule has 0 aliphatic carbocycles. The number of carbonyl (C=O) groups excluding carboxylic acids is 1. The van der Waals surface area contributed by atoms with E-state index in [4.69, 9.17) is 17.0 Å². The van der Waals surface area contributed by atoms with Crippen molar-refractivity contribution in [1.82, 2.24) is 19.7 Å². The van der Waals surface area contributed by atoms with E-state index in [1.54, 1.807) is 46.9 Å². The summed E-state index contributed by atoms with van der Waals surface area (Å²) in [4.78, 5) is 15.2. The summed E-state index contributed by atoms with van der Waals surface area (Å²) in [6.45, 7) is -0.210. The van der Waals surface area contributed by atoms with Gasteiger partial charge in [0.05, 0.1) is 11.5 Å². The fraction of sp³-hybridized carbons (Fsp3) is 0.350. The topological polar surface area (TPSA) is 72.4 Å². The predicted molar refractivity (Wildman–Crippen MR) is 116 cm³/mol. The van der Waals surface area contributed by atoms with Crippen molar-refractivity contribution in [2.24, 2.45) is 0 Å². The average Bonchev–Trinajstić information content (AvgIpc) is 3.37. The number of nitrogens with zero attached hydrogens (tertiary/aromatic N) is 3. The summed E-state index contributed by atoms with van der Waals surface area (Å²) in [6.07, 6.45) is 0.230. The molecular formula is C20H22F2N4O3S2. The van der Waals surface area contributed by atoms with Crippen molar-refractivity contribution in [3.8, 4) is 22.2 Å². The minimum Gasteiger partial charge on any atom is -0.490 e. The summed E-state index contributed by atoms with van der Waals surface area (Å²) in [5.74, 6) is 0.786. The Labute approximate surface area is 187 Å². The number of aromatic amines is 1. The van der Waals surface area contributed by atoms with Gasteiger partial charge in [0.2, 0.25) is 5.91 Å². The summed E-state index contributed by atoms with van der Waals surface area (Å²) >= 11 is 6.84. The van der Waals surface area contributed by atoms with Crippen LogP contribution in [0.5, 0.6) is 11.5 Å². The monoisotopic (exact) mass is 468 g/mol. The van der Waals surface area contributed by atoms with E-state index >= 15 is 0 Å². The molecule has 2 aromatic heterocycles. The number of amides is 1. The van der Waals surface area contributed by atoms with Crippen molar-refractivity contribution >= 4 is 29.5 Å². The smallest absolute Gasteiger partial charge is 0.387 e. The largest absolute Gasteiger partial charge is 0.490 e. The Bertz CT molecular complexity index is 1070. The molecule has 0 fully saturated rings. The molecule has 0 atom stereocenters. The number of benzene rings is 1. The number of aromatic nitrogens is 3. The molecule has 31 heavy (non-hydrogen) atoms. The van der Waals surface area contributed by atoms with Crippen LogP contribution in [0.4, 0.5) is 8.78 Å². The highest BCUT2D eigenvalue weighted by atomic mass is 32.1. The van der Waals surface area contributed by atoms with Gasteiger partial charge in [0.15, 0.2) is 22.1 Å². The van der Waals surface area contributed by atoms with Gasteiger partial charge < -0.3 is 14.4 Å². The molecule has 1 amide bonds. The number of nitrogens with one attached hydrogen (secondary N) is 1. The molecule has 0 unspecified atom stereocenters. The first-order chi connectivity index (χ1) is 14.9. The van der Waals surface area contributed by atoms with Crippen LogP contribution >= 0.6 is 23.6 Å². The van der Waals surface area contributed by atoms with E-state index in [2.05, 4.69) is 14.9 Å². The van der Waals surface area contributed by atoms with Gasteiger partial charge in [0, 0.05) is 26.6 Å². The summed E-state index contributed by atoms with van der Waals surface area (Å²) in [5, 5.41) is 8.98. The zero-order valence-corrected chi connectivity index (χ0v) is 18.6. The minimum absolute atomic E-state index is 0.0370. The summed E-state index contributed by atoms with van der Waals surface area (Å²) in [6, 6.07) is 8.52. The van der Waals surface area contributed by atoms with E-state index in [0.29, 0.717) is 30.3 Å². The van der Waals surface area contributed by atoms with Crippen molar-refractivity contribution in [3.63, 3.8) is 0 Å². The van der Waals surface area contributed by atoms with E-state index in [-0.39, 0.29) is 23.8 Å². The lowest BCUT2D eigenvalue weighted by molar-refractivity contribution is -0.130. The van der Waals surface area contributed by atoms with Gasteiger partial charge in [0.25, 0.3) is 0 Å². The molecule has 11 heteroatoms. The van der Waals surface area contributed by atoms with E-state index in [0.717, 1.165) is 10.4 Å². The van der Waals surface area contributed by atoms with E-state index < -0.39 is 6.61 Å². The zero-order chi connectivity index (χ0) is 22.4. The Morgan fingerprint density at radius 2 is 2.16 bits per heavy atom. The lowest BCUT2D eigenvalue weighted by Gasteiger charge is -2.19. The molecule has 0 radical (unpaired) electrons. The van der Waals surface area contributed by atoms with Crippen LogP contribution in [-0.4, -0.2) is 45.8 Å². The number of H-pyrrole nitrogens is 1. The van der Waals surface area contributed by atoms with Crippen molar-refractivity contribution in [2.45, 2.75) is 33.0 Å². The number of carbonyl (C=O) groups is 1. The molecule has 3 rings (SSSR count). The zero-order valence-electron chi connectivity index (χ0n) is 17.0. The molecule has 2 heterocycles. The number of halogens is 2. The second kappa shape index (κ2) is 10.5. The second-order valence-electron chi connectivity index (χ2n) is 6.57. The first-order valence-electron chi connectivity index (χ1n) is 9.52. The van der Waals surface area contributed by atoms with Gasteiger partial charge in [-0.25, -0.2) is 0 Å². The van der Waals surface area contributed by atoms with Crippen LogP contribution in [0.2, 0.25) is 0 Å². The van der Waals surface area contributed by atoms with E-state index in [1.165, 1.54) is 6.07 Å². The summed E-state index contributed by atoms with van der Waals surface area (Å²) in [5.41, 5.74) is 0.736. The molecule has 0 aliphatic rings. The van der Waals surface area contributed by atoms with Crippen LogP contribution in [0.1, 0.15) is 18.9 Å². The molecular weight excluding hydrogens is 446 g/mol. The number of alkyl halides is 2. The highest BCUT2D eigenvalue weighted by Gasteiger charge is 2.16. The Morgan fingerprint density at radius 3 is 2.84 bits per heavy atom. The first-order valence-corrected chi connectivity index (χ1v) is 10.8. The van der Waals surface area contributed by atoms with Gasteiger partial charge in [-0.3, -0.25) is 14.5 Å². The standard InChI is InChI=1S/C20H22F2N4O3S2/c1-3-28-15-11-13(6-7-14(15)29-19(21)22)12-25(2)17(27)8-9-26-18(23-24-20(26)30)16-5-4-10-31-16/h4-7,10-11,19H,3,8-9,12H2,1-2H3,(H,24,30). The Morgan fingerprint density at radius 1 is 1.35 bits per heavy atom. The summed E-state index contributed by atoms with van der Waals surface area (Å²) < 4.78 is 37.2. The number of ether oxygens (including phenoxy) is 2. The van der Waals surface area contributed by atoms with Crippen LogP contribution in [0.3, 0.4) is 0 Å². The highest BCUT2D eigenvalue weighted by molar-refractivity contribution is 7.71. The maximum atomic E-state index is 12.7. The molecule has 0 saturated carbocycles. The number of hydrogen-bond donors (Lipinski definition) is 1. The van der Waals surface area contributed by atoms with E-state index in [9.17, 15) is 13.6 Å². The first kappa shape index (κ1) is 22.9. The SMILES string of the molecule is CCOc1cc(CN(C)C(=O)CCn2c(-c3cccs3)n[nH]c2=S)ccc1OC(F)F. The number of hydrogen-bond acceptors (Lipinski definition) is 6. The van der Waals surface area contributed by atoms with Crippen molar-refractivity contribution in [2.75, 3.05) is 13.7 Å². The third kappa shape index (κ3) is 5.88. The van der Waals surface area contributed by atoms with Crippen molar-refractivity contribution < 1.29 is 23.0 Å². The van der Waals surface area contributed by atoms with Gasteiger partial charge in [-0.2, -0.15) is 13.9 Å². The molecule has 166 valence electrons. The predicted octanol–water partition coefficient (Wildman–Crippen LogP) is 4.72. The molecule has 0 saturated heterocycles. The fourth-order valence-electron chi connectivity index (χ4n) is 2.99. The molecule has 7 nitrogen and oxygen atoms in total. The van der Waals surface area contributed by atoms with Gasteiger partial charge in [-0.1, -0.05) is 12.1 Å². The van der Waals surface area contributed by atoms with Crippen LogP contribution in [0, 0.1) is 4.77 Å². The minimum atomic E-state index is -2.94. The van der Waals surface area contributed by atoms with Crippen molar-refractivity contribution in [3.05, 3.63) is 46.0 Å². The molecule has 0 aliphatic heterocycles. The fourth-order valence-corrected chi connectivity index (χ4v) is 3.94. The second-order valence-corrected chi connectivity index (χ2v) is 7.91. The molecule has 0 spiro atoms. The van der Waals surface area contributed by atoms with Gasteiger partial charge >= 0.3 is 6.61 Å². The van der Waals surface area contributed by atoms with Crippen LogP contribution in [0.25, 0.3) is 10.7 Å². The number of thiophene rings is 1. The van der Waals surface area contributed by atoms with Crippen LogP contribution in [0.15, 0.2) is 35.7 Å². The summed E-state index contributed by atoms with van der Waals surface area (Å²) in [7, 11) is 1.68. The molecule has 0 bridgehead atoms. The van der Waals surface area contributed by atoms with Gasteiger partial charge in [-0.05, 0) is 48.3 Å². The maximum Gasteiger partial charge on any atom is 0.387 e. The molecule has 1 N–H and O–H groups in total. The maximum absolute atomic E-state index is 12.7. The van der Waals surface area contributed by atoms with Crippen LogP contribution in [-0.2, 0) is 17.9 Å². The van der Waals surface area contributed by atoms with Gasteiger partial charge in [-0.15, -0.1) is 11.3 Å². The molecule has 1 aromatic carbocycles. The van der Waals surface area contributed by atoms with Crippen LogP contribution < -0.4 is 9.47 Å². The third-order valence-electron chi connectivity index (χ3n) is 4.42. The lowest BCUT2D eigenvalue weighted by Crippen LogP contribution is -2.27. The third-order valence-corrected chi connectivity index (χ3v) is 5.60. The Hall–Kier alpha value is -2.79. The Kier molecular flexibility index (Phi) is 7.75. The average molecular weight is 469 g/mol. The normalized spacial score (nSPS) is 11.0. The molecule has 3 aromatic rings. The number of rotatable bonds is 10. The quantitative estimate of drug-likeness (QED) is 0.436. The van der Waals surface area contributed by atoms with E-state index in [1.807, 2.05) is 17.5 Å². The van der Waals surface area contributed by atoms with Crippen molar-refractivity contribution in [1.29, 1.82) is 0 Å². The Balaban J connectivity index is 1.64. The van der Waals surface area contributed by atoms with Gasteiger partial charge in [0.1, 0.15) is 0 Å².